The number of rotatable bonds is 15. The lowest BCUT2D eigenvalue weighted by Gasteiger charge is -2.34. The van der Waals surface area contributed by atoms with Crippen molar-refractivity contribution < 1.29 is 45.3 Å². The van der Waals surface area contributed by atoms with Gasteiger partial charge in [-0.2, -0.15) is 0 Å². The number of hydrogen-bond donors (Lipinski definition) is 2. The second kappa shape index (κ2) is 29.3. The molecule has 2 N–H and O–H groups in total. The van der Waals surface area contributed by atoms with Crippen LogP contribution in [-0.2, 0) is 52.1 Å². The zero-order valence-corrected chi connectivity index (χ0v) is 50.2. The molecular weight excluding hydrogens is 1130 g/mol. The third kappa shape index (κ3) is 16.6. The molecule has 6 aromatic heterocycles. The molecule has 24 nitrogen and oxygen atoms in total. The molecule has 29 heteroatoms. The Balaban J connectivity index is 0.000000212. The van der Waals surface area contributed by atoms with Crippen LogP contribution in [0.15, 0.2) is 35.3 Å². The number of nitrogens with one attached hydrogen (secondary N) is 2. The summed E-state index contributed by atoms with van der Waals surface area (Å²) in [6.07, 6.45) is 8.04. The van der Waals surface area contributed by atoms with Crippen LogP contribution < -0.4 is 28.7 Å². The molecule has 5 saturated heterocycles. The van der Waals surface area contributed by atoms with Crippen LogP contribution >= 0.6 is 22.7 Å². The van der Waals surface area contributed by atoms with E-state index in [0.29, 0.717) is 101 Å². The second-order valence-electron chi connectivity index (χ2n) is 19.9. The first-order valence-electron chi connectivity index (χ1n) is 26.8. The van der Waals surface area contributed by atoms with Gasteiger partial charge in [-0.15, -0.1) is 22.7 Å². The molecule has 0 bridgehead atoms. The summed E-state index contributed by atoms with van der Waals surface area (Å²) >= 11 is 3.17. The summed E-state index contributed by atoms with van der Waals surface area (Å²) in [4.78, 5) is 53.8. The molecule has 0 aliphatic carbocycles. The van der Waals surface area contributed by atoms with E-state index < -0.39 is 20.0 Å². The summed E-state index contributed by atoms with van der Waals surface area (Å²) < 4.78 is 81.4. The van der Waals surface area contributed by atoms with Crippen molar-refractivity contribution >= 4 is 101 Å². The van der Waals surface area contributed by atoms with Gasteiger partial charge in [-0.05, 0) is 42.3 Å². The first-order chi connectivity index (χ1) is 38.6. The number of aromatic nitrogens is 6. The number of thiophene rings is 2. The van der Waals surface area contributed by atoms with E-state index in [9.17, 15) is 21.6 Å². The molecule has 0 unspecified atom stereocenters. The number of ether oxygens (including phenoxy) is 5. The van der Waals surface area contributed by atoms with Crippen molar-refractivity contribution in [2.75, 3.05) is 171 Å². The van der Waals surface area contributed by atoms with Crippen LogP contribution in [0.1, 0.15) is 45.2 Å². The number of carbonyl (C=O) groups is 1. The number of amides is 1. The number of nitrogens with zero attached hydrogens (tertiary/aromatic N) is 12. The fraction of sp³-hybridized carbons (Fsp3) is 0.566. The van der Waals surface area contributed by atoms with Crippen molar-refractivity contribution in [3.05, 3.63) is 46.4 Å². The van der Waals surface area contributed by atoms with Gasteiger partial charge >= 0.3 is 0 Å². The Hall–Kier alpha value is -5.63. The number of fused-ring (bicyclic) bond motifs is 2. The Morgan fingerprint density at radius 2 is 0.988 bits per heavy atom. The number of piperazine rings is 2. The lowest BCUT2D eigenvalue weighted by molar-refractivity contribution is -0.130. The molecule has 5 aliphatic rings. The van der Waals surface area contributed by atoms with E-state index in [1.165, 1.54) is 32.6 Å². The van der Waals surface area contributed by atoms with E-state index in [1.807, 2.05) is 4.90 Å². The molecular formula is C53H76BN14O10S4. The smallest absolute Gasteiger partial charge is 0.238 e. The van der Waals surface area contributed by atoms with Crippen molar-refractivity contribution in [3.8, 4) is 34.3 Å². The van der Waals surface area contributed by atoms with Crippen molar-refractivity contribution in [1.29, 1.82) is 0 Å². The van der Waals surface area contributed by atoms with Crippen LogP contribution in [0, 0.1) is 0 Å². The van der Waals surface area contributed by atoms with Gasteiger partial charge in [0.25, 0.3) is 0 Å². The van der Waals surface area contributed by atoms with E-state index in [4.69, 9.17) is 43.6 Å². The van der Waals surface area contributed by atoms with E-state index in [1.54, 1.807) is 54.1 Å². The standard InChI is InChI=1S/C24H31N7O5S2.C24H33N7O4S2.C4H8O.CH4.B/c1-16(32)30-6-4-29(5-7-30)14-18-15-37-22-20(26-24(27-21(18)22)31-8-10-36-11-9-31)17-12-19(28-38(3,33)34)23(35-2)25-13-17;1-4-29-5-7-30(8-6-29)15-18-16-36-22-20(26-24(27-21(18)22)31-9-11-35-12-10-31)17-13-19(28-37(3,32)33)23(34-2)25-14-17;1-2-4-5-3-1;;/h12-13,15,28H,4-11,14H2,1-3H3;13-14,16,28H,4-12,15H2,1-3H3;1-4H2;1H4;. The first kappa shape index (κ1) is 63.9. The Kier molecular flexibility index (Phi) is 22.8. The molecule has 5 fully saturated rings. The fourth-order valence-electron chi connectivity index (χ4n) is 9.84. The van der Waals surface area contributed by atoms with Crippen LogP contribution in [0.3, 0.4) is 0 Å². The summed E-state index contributed by atoms with van der Waals surface area (Å²) in [5.41, 5.74) is 7.34. The maximum Gasteiger partial charge on any atom is 0.238 e. The van der Waals surface area contributed by atoms with Crippen LogP contribution in [0.5, 0.6) is 11.8 Å². The minimum absolute atomic E-state index is 0. The number of morpholine rings is 2. The third-order valence-corrected chi connectivity index (χ3v) is 17.3. The van der Waals surface area contributed by atoms with Gasteiger partial charge in [-0.1, -0.05) is 14.4 Å². The summed E-state index contributed by atoms with van der Waals surface area (Å²) in [6.45, 7) is 20.9. The van der Waals surface area contributed by atoms with Gasteiger partial charge in [0, 0.05) is 155 Å². The average Bonchev–Trinajstić information content (AvgIpc) is 3.35. The van der Waals surface area contributed by atoms with Crippen LogP contribution in [0.2, 0.25) is 0 Å². The van der Waals surface area contributed by atoms with Gasteiger partial charge in [0.2, 0.25) is 49.6 Å². The van der Waals surface area contributed by atoms with Gasteiger partial charge in [-0.3, -0.25) is 24.0 Å². The number of pyridine rings is 2. The van der Waals surface area contributed by atoms with E-state index in [0.717, 1.165) is 110 Å². The molecule has 6 aromatic rings. The SMILES string of the molecule is C.C1CCOC1.CCN1CCN(Cc2csc3c(-c4cnc(OC)c(NS(C)(=O)=O)c4)nc(N4CCOCC4)nc23)CC1.COc1ncc(-c2nc(N3CCOCC3)nc3c(CN4CCN(C(C)=O)CC4)csc23)cc1NS(C)(=O)=O.[B]. The highest BCUT2D eigenvalue weighted by Gasteiger charge is 2.27. The molecule has 0 spiro atoms. The van der Waals surface area contributed by atoms with Crippen LogP contribution in [0.4, 0.5) is 23.3 Å². The Labute approximate surface area is 491 Å². The zero-order chi connectivity index (χ0) is 56.4. The van der Waals surface area contributed by atoms with Gasteiger partial charge < -0.3 is 43.3 Å². The molecule has 0 atom stereocenters. The predicted molar refractivity (Wildman–Crippen MR) is 325 cm³/mol. The normalized spacial score (nSPS) is 17.5. The predicted octanol–water partition coefficient (Wildman–Crippen LogP) is 4.79. The highest BCUT2D eigenvalue weighted by molar-refractivity contribution is 7.92. The van der Waals surface area contributed by atoms with E-state index in [-0.39, 0.29) is 44.9 Å². The van der Waals surface area contributed by atoms with Crippen LogP contribution in [-0.4, -0.2) is 232 Å². The summed E-state index contributed by atoms with van der Waals surface area (Å²) in [5, 5.41) is 4.28. The number of hydrogen-bond acceptors (Lipinski definition) is 23. The number of sulfonamides is 2. The topological polar surface area (TPSA) is 252 Å². The summed E-state index contributed by atoms with van der Waals surface area (Å²) in [6, 6.07) is 3.42. The highest BCUT2D eigenvalue weighted by Crippen LogP contribution is 2.39. The number of methoxy groups -OCH3 is 2. The lowest BCUT2D eigenvalue weighted by atomic mass is 10.1. The molecule has 11 heterocycles. The Morgan fingerprint density at radius 3 is 1.34 bits per heavy atom. The molecule has 11 rings (SSSR count). The number of carbonyl (C=O) groups excluding carboxylic acids is 1. The molecule has 1 amide bonds. The lowest BCUT2D eigenvalue weighted by Crippen LogP contribution is -2.47. The van der Waals surface area contributed by atoms with Gasteiger partial charge in [-0.25, -0.2) is 46.7 Å². The van der Waals surface area contributed by atoms with E-state index >= 15 is 0 Å². The Bertz CT molecular complexity index is 3300. The van der Waals surface area contributed by atoms with Gasteiger partial charge in [0.1, 0.15) is 11.4 Å². The van der Waals surface area contributed by atoms with Crippen molar-refractivity contribution in [3.63, 3.8) is 0 Å². The van der Waals surface area contributed by atoms with Crippen molar-refractivity contribution in [2.24, 2.45) is 0 Å². The van der Waals surface area contributed by atoms with Gasteiger partial charge in [0.05, 0.1) is 85.0 Å². The maximum atomic E-state index is 12.0. The average molecular weight is 1210 g/mol. The van der Waals surface area contributed by atoms with Gasteiger partial charge in [0.15, 0.2) is 0 Å². The van der Waals surface area contributed by atoms with Crippen molar-refractivity contribution in [2.45, 2.75) is 47.2 Å². The van der Waals surface area contributed by atoms with E-state index in [2.05, 4.69) is 61.6 Å². The monoisotopic (exact) mass is 1210 g/mol. The molecule has 0 saturated carbocycles. The second-order valence-corrected chi connectivity index (χ2v) is 25.2. The maximum absolute atomic E-state index is 12.0. The summed E-state index contributed by atoms with van der Waals surface area (Å²) in [7, 11) is -4.18. The zero-order valence-electron chi connectivity index (χ0n) is 46.9. The summed E-state index contributed by atoms with van der Waals surface area (Å²) in [5.74, 6) is 1.73. The Morgan fingerprint density at radius 1 is 0.598 bits per heavy atom. The minimum atomic E-state index is -3.55. The quantitative estimate of drug-likeness (QED) is 0.131. The number of likely N-dealkylation sites (N-methyl/N-ethyl adjacent to an activating group) is 1. The fourth-order valence-corrected chi connectivity index (χ4v) is 13.0. The molecule has 82 heavy (non-hydrogen) atoms. The molecule has 0 aromatic carbocycles. The minimum Gasteiger partial charge on any atom is -0.480 e. The molecule has 3 radical (unpaired) electrons. The highest BCUT2D eigenvalue weighted by atomic mass is 32.2. The molecule has 5 aliphatic heterocycles. The largest absolute Gasteiger partial charge is 0.480 e. The van der Waals surface area contributed by atoms with Crippen LogP contribution in [0.25, 0.3) is 42.9 Å². The number of anilines is 4. The first-order valence-corrected chi connectivity index (χ1v) is 32.4. The van der Waals surface area contributed by atoms with Crippen molar-refractivity contribution in [1.82, 2.24) is 49.5 Å². The third-order valence-electron chi connectivity index (χ3n) is 14.1. The molecule has 445 valence electrons.